The Balaban J connectivity index is 1.80. The van der Waals surface area contributed by atoms with E-state index in [2.05, 4.69) is 24.0 Å². The van der Waals surface area contributed by atoms with Gasteiger partial charge in [-0.25, -0.2) is 4.79 Å². The van der Waals surface area contributed by atoms with E-state index in [1.807, 2.05) is 17.0 Å². The van der Waals surface area contributed by atoms with Crippen molar-refractivity contribution in [3.8, 4) is 0 Å². The summed E-state index contributed by atoms with van der Waals surface area (Å²) in [6.45, 7) is 2.78. The number of H-pyrrole nitrogens is 1. The molecule has 3 heterocycles. The van der Waals surface area contributed by atoms with E-state index in [9.17, 15) is 9.59 Å². The molecule has 142 valence electrons. The Labute approximate surface area is 158 Å². The first-order valence-electron chi connectivity index (χ1n) is 9.73. The van der Waals surface area contributed by atoms with Crippen molar-refractivity contribution in [3.63, 3.8) is 0 Å². The molecule has 1 amide bonds. The van der Waals surface area contributed by atoms with Crippen LogP contribution in [0.2, 0.25) is 0 Å². The number of carbonyl (C=O) groups excluding carboxylic acids is 2. The summed E-state index contributed by atoms with van der Waals surface area (Å²) in [5.74, 6) is 0.512. The maximum atomic E-state index is 13.1. The SMILES string of the molecule is COC(=O)C1Cc2c([nH]c3ccccc23)C23CC(C)[C@@H](CN)C2CC(=O)N13. The minimum atomic E-state index is -0.567. The number of nitrogens with one attached hydrogen (secondary N) is 1. The molecule has 1 spiro atoms. The lowest BCUT2D eigenvalue weighted by Crippen LogP contribution is -2.58. The summed E-state index contributed by atoms with van der Waals surface area (Å²) < 4.78 is 5.11. The maximum absolute atomic E-state index is 13.1. The monoisotopic (exact) mass is 367 g/mol. The molecule has 1 saturated heterocycles. The summed E-state index contributed by atoms with van der Waals surface area (Å²) in [5.41, 5.74) is 8.98. The quantitative estimate of drug-likeness (QED) is 0.794. The molecule has 0 radical (unpaired) electrons. The second kappa shape index (κ2) is 5.58. The van der Waals surface area contributed by atoms with Crippen molar-refractivity contribution < 1.29 is 14.3 Å². The van der Waals surface area contributed by atoms with Gasteiger partial charge in [-0.3, -0.25) is 4.79 Å². The van der Waals surface area contributed by atoms with Gasteiger partial charge in [0, 0.05) is 35.4 Å². The fraction of sp³-hybridized carbons (Fsp3) is 0.524. The van der Waals surface area contributed by atoms with Gasteiger partial charge in [-0.05, 0) is 36.4 Å². The van der Waals surface area contributed by atoms with Crippen LogP contribution >= 0.6 is 0 Å². The number of fused-ring (bicyclic) bond motifs is 3. The third-order valence-electron chi connectivity index (χ3n) is 7.29. The largest absolute Gasteiger partial charge is 0.467 e. The topological polar surface area (TPSA) is 88.4 Å². The van der Waals surface area contributed by atoms with Crippen molar-refractivity contribution >= 4 is 22.8 Å². The van der Waals surface area contributed by atoms with Crippen LogP contribution in [0, 0.1) is 17.8 Å². The molecule has 6 nitrogen and oxygen atoms in total. The molecule has 1 saturated carbocycles. The van der Waals surface area contributed by atoms with Gasteiger partial charge in [0.2, 0.25) is 5.91 Å². The number of hydrogen-bond donors (Lipinski definition) is 2. The molecule has 27 heavy (non-hydrogen) atoms. The molecule has 1 aliphatic carbocycles. The van der Waals surface area contributed by atoms with Crippen LogP contribution in [0.5, 0.6) is 0 Å². The highest BCUT2D eigenvalue weighted by atomic mass is 16.5. The van der Waals surface area contributed by atoms with Crippen molar-refractivity contribution in [1.82, 2.24) is 9.88 Å². The number of rotatable bonds is 2. The molecule has 0 bridgehead atoms. The Morgan fingerprint density at radius 1 is 1.37 bits per heavy atom. The van der Waals surface area contributed by atoms with Crippen LogP contribution in [0.3, 0.4) is 0 Å². The number of esters is 1. The van der Waals surface area contributed by atoms with Crippen LogP contribution in [-0.4, -0.2) is 41.5 Å². The van der Waals surface area contributed by atoms with Crippen LogP contribution in [0.1, 0.15) is 31.0 Å². The van der Waals surface area contributed by atoms with Crippen LogP contribution in [-0.2, 0) is 26.3 Å². The second-order valence-corrected chi connectivity index (χ2v) is 8.35. The Morgan fingerprint density at radius 3 is 2.89 bits per heavy atom. The van der Waals surface area contributed by atoms with Crippen molar-refractivity contribution in [2.75, 3.05) is 13.7 Å². The molecule has 5 rings (SSSR count). The van der Waals surface area contributed by atoms with Gasteiger partial charge in [-0.2, -0.15) is 0 Å². The molecule has 3 N–H and O–H groups in total. The zero-order valence-electron chi connectivity index (χ0n) is 15.7. The molecule has 6 heteroatoms. The van der Waals surface area contributed by atoms with Gasteiger partial charge in [0.1, 0.15) is 6.04 Å². The minimum absolute atomic E-state index is 0.0463. The third-order valence-corrected chi connectivity index (χ3v) is 7.29. The number of nitrogens with zero attached hydrogens (tertiary/aromatic N) is 1. The molecule has 4 unspecified atom stereocenters. The van der Waals surface area contributed by atoms with Crippen molar-refractivity contribution in [3.05, 3.63) is 35.5 Å². The van der Waals surface area contributed by atoms with Crippen LogP contribution in [0.4, 0.5) is 0 Å². The number of carbonyl (C=O) groups is 2. The number of methoxy groups -OCH3 is 1. The van der Waals surface area contributed by atoms with Crippen molar-refractivity contribution in [2.45, 2.75) is 37.8 Å². The number of aromatic amines is 1. The fourth-order valence-electron chi connectivity index (χ4n) is 6.30. The van der Waals surface area contributed by atoms with E-state index >= 15 is 0 Å². The van der Waals surface area contributed by atoms with Crippen molar-refractivity contribution in [2.24, 2.45) is 23.5 Å². The Bertz CT molecular complexity index is 951. The maximum Gasteiger partial charge on any atom is 0.328 e. The van der Waals surface area contributed by atoms with E-state index in [0.717, 1.165) is 28.6 Å². The molecular weight excluding hydrogens is 342 g/mol. The highest BCUT2D eigenvalue weighted by Gasteiger charge is 2.66. The Hall–Kier alpha value is -2.34. The summed E-state index contributed by atoms with van der Waals surface area (Å²) in [6.07, 6.45) is 1.78. The predicted octanol–water partition coefficient (Wildman–Crippen LogP) is 1.92. The lowest BCUT2D eigenvalue weighted by atomic mass is 9.76. The molecule has 5 atom stereocenters. The average Bonchev–Trinajstić information content (AvgIpc) is 3.26. The Morgan fingerprint density at radius 2 is 2.15 bits per heavy atom. The number of aromatic nitrogens is 1. The van der Waals surface area contributed by atoms with E-state index in [-0.39, 0.29) is 23.7 Å². The van der Waals surface area contributed by atoms with Gasteiger partial charge in [-0.1, -0.05) is 25.1 Å². The summed E-state index contributed by atoms with van der Waals surface area (Å²) in [4.78, 5) is 31.3. The first-order valence-corrected chi connectivity index (χ1v) is 9.73. The van der Waals surface area contributed by atoms with Gasteiger partial charge in [0.15, 0.2) is 0 Å². The molecule has 2 fully saturated rings. The normalized spacial score (nSPS) is 34.5. The highest BCUT2D eigenvalue weighted by Crippen LogP contribution is 2.62. The first kappa shape index (κ1) is 16.8. The highest BCUT2D eigenvalue weighted by molar-refractivity contribution is 5.92. The minimum Gasteiger partial charge on any atom is -0.467 e. The molecule has 1 aromatic heterocycles. The van der Waals surface area contributed by atoms with E-state index in [1.165, 1.54) is 7.11 Å². The van der Waals surface area contributed by atoms with Gasteiger partial charge < -0.3 is 20.4 Å². The fourth-order valence-corrected chi connectivity index (χ4v) is 6.30. The van der Waals surface area contributed by atoms with Crippen LogP contribution < -0.4 is 5.73 Å². The third kappa shape index (κ3) is 1.94. The van der Waals surface area contributed by atoms with Gasteiger partial charge in [0.05, 0.1) is 12.6 Å². The number of ether oxygens (including phenoxy) is 1. The lowest BCUT2D eigenvalue weighted by molar-refractivity contribution is -0.157. The molecule has 2 aromatic rings. The Kier molecular flexibility index (Phi) is 3.47. The molecule has 2 aliphatic heterocycles. The van der Waals surface area contributed by atoms with E-state index in [1.54, 1.807) is 0 Å². The molecule has 3 aliphatic rings. The number of benzene rings is 1. The van der Waals surface area contributed by atoms with E-state index in [0.29, 0.717) is 25.3 Å². The number of amides is 1. The molecule has 1 aromatic carbocycles. The number of para-hydroxylation sites is 1. The first-order chi connectivity index (χ1) is 13.0. The zero-order valence-corrected chi connectivity index (χ0v) is 15.7. The smallest absolute Gasteiger partial charge is 0.328 e. The van der Waals surface area contributed by atoms with Gasteiger partial charge in [-0.15, -0.1) is 0 Å². The second-order valence-electron chi connectivity index (χ2n) is 8.35. The zero-order chi connectivity index (χ0) is 18.9. The molecular formula is C21H25N3O3. The summed E-state index contributed by atoms with van der Waals surface area (Å²) in [7, 11) is 1.40. The van der Waals surface area contributed by atoms with E-state index in [4.69, 9.17) is 10.5 Å². The lowest BCUT2D eigenvalue weighted by Gasteiger charge is -2.46. The average molecular weight is 367 g/mol. The van der Waals surface area contributed by atoms with Crippen LogP contribution in [0.15, 0.2) is 24.3 Å². The number of nitrogens with two attached hydrogens (primary N) is 1. The summed E-state index contributed by atoms with van der Waals surface area (Å²) in [6, 6.07) is 7.62. The number of hydrogen-bond acceptors (Lipinski definition) is 4. The predicted molar refractivity (Wildman–Crippen MR) is 101 cm³/mol. The summed E-state index contributed by atoms with van der Waals surface area (Å²) in [5, 5.41) is 1.14. The standard InChI is InChI=1S/C21H25N3O3/c1-11-9-21-15(14(11)10-22)8-18(25)24(21)17(20(26)27-2)7-13-12-5-3-4-6-16(12)23-19(13)21/h3-6,11,14-15,17,23H,7-10,22H2,1-2H3/t11?,14-,15?,17?,21?/m1/s1. The van der Waals surface area contributed by atoms with Gasteiger partial charge in [0.25, 0.3) is 0 Å². The van der Waals surface area contributed by atoms with Crippen LogP contribution in [0.25, 0.3) is 10.9 Å². The van der Waals surface area contributed by atoms with E-state index < -0.39 is 11.6 Å². The van der Waals surface area contributed by atoms with Gasteiger partial charge >= 0.3 is 5.97 Å². The van der Waals surface area contributed by atoms with Crippen molar-refractivity contribution in [1.29, 1.82) is 0 Å². The summed E-state index contributed by atoms with van der Waals surface area (Å²) >= 11 is 0.